The van der Waals surface area contributed by atoms with Crippen LogP contribution in [0.2, 0.25) is 0 Å². The Morgan fingerprint density at radius 1 is 1.67 bits per heavy atom. The summed E-state index contributed by atoms with van der Waals surface area (Å²) in [5.41, 5.74) is 0.492. The van der Waals surface area contributed by atoms with Crippen molar-refractivity contribution in [2.24, 2.45) is 0 Å². The van der Waals surface area contributed by atoms with Crippen molar-refractivity contribution in [3.63, 3.8) is 0 Å². The number of nitrogens with one attached hydrogen (secondary N) is 1. The number of halogens is 1. The van der Waals surface area contributed by atoms with Gasteiger partial charge in [0, 0.05) is 12.7 Å². The third-order valence-corrected chi connectivity index (χ3v) is 1.44. The molecule has 0 saturated heterocycles. The highest BCUT2D eigenvalue weighted by molar-refractivity contribution is 5.42. The minimum absolute atomic E-state index is 0.318. The van der Waals surface area contributed by atoms with Crippen molar-refractivity contribution in [1.29, 1.82) is 0 Å². The van der Waals surface area contributed by atoms with Gasteiger partial charge in [-0.1, -0.05) is 6.08 Å². The van der Waals surface area contributed by atoms with Gasteiger partial charge in [-0.25, -0.2) is 4.39 Å². The Hall–Kier alpha value is -1.38. The van der Waals surface area contributed by atoms with Crippen molar-refractivity contribution in [3.8, 4) is 0 Å². The van der Waals surface area contributed by atoms with E-state index in [0.717, 1.165) is 6.42 Å². The van der Waals surface area contributed by atoms with Gasteiger partial charge in [0.1, 0.15) is 0 Å². The van der Waals surface area contributed by atoms with Crippen LogP contribution in [0.5, 0.6) is 0 Å². The maximum absolute atomic E-state index is 12.9. The molecule has 0 spiro atoms. The highest BCUT2D eigenvalue weighted by Crippen LogP contribution is 2.10. The monoisotopic (exact) mass is 166 g/mol. The van der Waals surface area contributed by atoms with Crippen molar-refractivity contribution in [1.82, 2.24) is 4.98 Å². The topological polar surface area (TPSA) is 24.9 Å². The molecule has 3 heteroatoms. The lowest BCUT2D eigenvalue weighted by Gasteiger charge is -2.03. The van der Waals surface area contributed by atoms with E-state index in [4.69, 9.17) is 0 Å². The van der Waals surface area contributed by atoms with Crippen LogP contribution in [0, 0.1) is 5.82 Å². The van der Waals surface area contributed by atoms with E-state index < -0.39 is 0 Å². The Morgan fingerprint density at radius 2 is 2.50 bits per heavy atom. The predicted octanol–water partition coefficient (Wildman–Crippen LogP) is 2.21. The lowest BCUT2D eigenvalue weighted by atomic mass is 10.3. The van der Waals surface area contributed by atoms with E-state index in [1.807, 2.05) is 0 Å². The second-order valence-electron chi connectivity index (χ2n) is 2.36. The van der Waals surface area contributed by atoms with E-state index in [9.17, 15) is 4.39 Å². The highest BCUT2D eigenvalue weighted by Gasteiger charge is 1.97. The van der Waals surface area contributed by atoms with Crippen molar-refractivity contribution >= 4 is 5.69 Å². The van der Waals surface area contributed by atoms with Crippen molar-refractivity contribution < 1.29 is 4.39 Å². The molecular formula is C9H11FN2. The van der Waals surface area contributed by atoms with Gasteiger partial charge in [-0.05, 0) is 12.5 Å². The molecule has 12 heavy (non-hydrogen) atoms. The van der Waals surface area contributed by atoms with Crippen LogP contribution in [0.15, 0.2) is 31.1 Å². The van der Waals surface area contributed by atoms with Crippen molar-refractivity contribution in [3.05, 3.63) is 36.9 Å². The minimum atomic E-state index is -0.318. The van der Waals surface area contributed by atoms with E-state index in [1.54, 1.807) is 18.3 Å². The fourth-order valence-electron chi connectivity index (χ4n) is 0.827. The molecule has 0 aliphatic carbocycles. The molecule has 0 atom stereocenters. The molecule has 1 aromatic rings. The first-order valence-corrected chi connectivity index (χ1v) is 3.79. The molecule has 0 bridgehead atoms. The number of nitrogens with zero attached hydrogens (tertiary/aromatic N) is 1. The largest absolute Gasteiger partial charge is 0.382 e. The van der Waals surface area contributed by atoms with Crippen LogP contribution in [-0.4, -0.2) is 11.5 Å². The number of hydrogen-bond donors (Lipinski definition) is 1. The normalized spacial score (nSPS) is 9.42. The SMILES string of the molecule is C=CCCNc1ccncc1F. The van der Waals surface area contributed by atoms with Gasteiger partial charge in [-0.15, -0.1) is 6.58 Å². The molecule has 0 amide bonds. The summed E-state index contributed by atoms with van der Waals surface area (Å²) < 4.78 is 12.9. The smallest absolute Gasteiger partial charge is 0.164 e. The van der Waals surface area contributed by atoms with Gasteiger partial charge in [0.05, 0.1) is 11.9 Å². The van der Waals surface area contributed by atoms with Crippen molar-refractivity contribution in [2.75, 3.05) is 11.9 Å². The molecule has 0 aromatic carbocycles. The first-order chi connectivity index (χ1) is 5.84. The van der Waals surface area contributed by atoms with E-state index in [0.29, 0.717) is 12.2 Å². The summed E-state index contributed by atoms with van der Waals surface area (Å²) in [6, 6.07) is 1.61. The number of hydrogen-bond acceptors (Lipinski definition) is 2. The fourth-order valence-corrected chi connectivity index (χ4v) is 0.827. The molecule has 1 N–H and O–H groups in total. The predicted molar refractivity (Wildman–Crippen MR) is 47.5 cm³/mol. The molecule has 0 aliphatic rings. The van der Waals surface area contributed by atoms with E-state index in [2.05, 4.69) is 16.9 Å². The third kappa shape index (κ3) is 2.34. The average molecular weight is 166 g/mol. The van der Waals surface area contributed by atoms with Gasteiger partial charge in [-0.2, -0.15) is 0 Å². The molecule has 2 nitrogen and oxygen atoms in total. The first-order valence-electron chi connectivity index (χ1n) is 3.79. The molecular weight excluding hydrogens is 155 g/mol. The van der Waals surface area contributed by atoms with Crippen LogP contribution >= 0.6 is 0 Å². The number of pyridine rings is 1. The van der Waals surface area contributed by atoms with Crippen LogP contribution in [0.1, 0.15) is 6.42 Å². The Morgan fingerprint density at radius 3 is 3.17 bits per heavy atom. The van der Waals surface area contributed by atoms with Gasteiger partial charge < -0.3 is 5.32 Å². The van der Waals surface area contributed by atoms with Crippen molar-refractivity contribution in [2.45, 2.75) is 6.42 Å². The third-order valence-electron chi connectivity index (χ3n) is 1.44. The number of aromatic nitrogens is 1. The lowest BCUT2D eigenvalue weighted by Crippen LogP contribution is -2.02. The second-order valence-corrected chi connectivity index (χ2v) is 2.36. The number of anilines is 1. The molecule has 1 rings (SSSR count). The zero-order valence-corrected chi connectivity index (χ0v) is 6.76. The Balaban J connectivity index is 2.51. The summed E-state index contributed by atoms with van der Waals surface area (Å²) in [4.78, 5) is 3.64. The quantitative estimate of drug-likeness (QED) is 0.548. The standard InChI is InChI=1S/C9H11FN2/c1-2-3-5-12-9-4-6-11-7-8(9)10/h2,4,6-7H,1,3,5H2,(H,11,12). The van der Waals surface area contributed by atoms with E-state index in [1.165, 1.54) is 6.20 Å². The molecule has 0 fully saturated rings. The molecule has 64 valence electrons. The van der Waals surface area contributed by atoms with Gasteiger partial charge in [-0.3, -0.25) is 4.98 Å². The van der Waals surface area contributed by atoms with Gasteiger partial charge in [0.15, 0.2) is 5.82 Å². The molecule has 0 saturated carbocycles. The Labute approximate surface area is 71.1 Å². The maximum atomic E-state index is 12.9. The van der Waals surface area contributed by atoms with Crippen LogP contribution in [0.3, 0.4) is 0 Å². The summed E-state index contributed by atoms with van der Waals surface area (Å²) in [5, 5.41) is 2.93. The number of rotatable bonds is 4. The van der Waals surface area contributed by atoms with Crippen LogP contribution in [-0.2, 0) is 0 Å². The fraction of sp³-hybridized carbons (Fsp3) is 0.222. The van der Waals surface area contributed by atoms with Gasteiger partial charge >= 0.3 is 0 Å². The molecule has 1 heterocycles. The molecule has 1 aromatic heterocycles. The molecule has 0 unspecified atom stereocenters. The van der Waals surface area contributed by atoms with Crippen LogP contribution < -0.4 is 5.32 Å². The molecule has 0 aliphatic heterocycles. The average Bonchev–Trinajstić information content (AvgIpc) is 2.09. The van der Waals surface area contributed by atoms with Gasteiger partial charge in [0.25, 0.3) is 0 Å². The van der Waals surface area contributed by atoms with Gasteiger partial charge in [0.2, 0.25) is 0 Å². The zero-order chi connectivity index (χ0) is 8.81. The van der Waals surface area contributed by atoms with Crippen LogP contribution in [0.4, 0.5) is 10.1 Å². The summed E-state index contributed by atoms with van der Waals surface area (Å²) in [6.07, 6.45) is 5.35. The first kappa shape index (κ1) is 8.71. The summed E-state index contributed by atoms with van der Waals surface area (Å²) in [5.74, 6) is -0.318. The summed E-state index contributed by atoms with van der Waals surface area (Å²) >= 11 is 0. The molecule has 0 radical (unpaired) electrons. The van der Waals surface area contributed by atoms with Crippen LogP contribution in [0.25, 0.3) is 0 Å². The second kappa shape index (κ2) is 4.49. The minimum Gasteiger partial charge on any atom is -0.382 e. The Kier molecular flexibility index (Phi) is 3.26. The van der Waals surface area contributed by atoms with E-state index in [-0.39, 0.29) is 5.82 Å². The lowest BCUT2D eigenvalue weighted by molar-refractivity contribution is 0.624. The van der Waals surface area contributed by atoms with E-state index >= 15 is 0 Å². The zero-order valence-electron chi connectivity index (χ0n) is 6.76. The summed E-state index contributed by atoms with van der Waals surface area (Å²) in [7, 11) is 0. The summed E-state index contributed by atoms with van der Waals surface area (Å²) in [6.45, 7) is 4.27. The highest BCUT2D eigenvalue weighted by atomic mass is 19.1. The Bertz CT molecular complexity index is 260. The maximum Gasteiger partial charge on any atom is 0.164 e.